The van der Waals surface area contributed by atoms with Crippen LogP contribution in [0.4, 0.5) is 0 Å². The van der Waals surface area contributed by atoms with Crippen LogP contribution in [0.2, 0.25) is 0 Å². The number of aryl methyl sites for hydroxylation is 1. The molecule has 1 aromatic heterocycles. The van der Waals surface area contributed by atoms with Crippen molar-refractivity contribution in [3.8, 4) is 0 Å². The summed E-state index contributed by atoms with van der Waals surface area (Å²) in [5.74, 6) is 0.994. The molecular formula is C11H22N4O. The Labute approximate surface area is 97.2 Å². The maximum Gasteiger partial charge on any atom is 0.138 e. The van der Waals surface area contributed by atoms with Crippen molar-refractivity contribution in [2.45, 2.75) is 32.7 Å². The molecule has 0 spiro atoms. The van der Waals surface area contributed by atoms with Gasteiger partial charge in [-0.3, -0.25) is 4.68 Å². The van der Waals surface area contributed by atoms with E-state index in [1.807, 2.05) is 18.7 Å². The van der Waals surface area contributed by atoms with Gasteiger partial charge in [-0.25, -0.2) is 4.98 Å². The predicted molar refractivity (Wildman–Crippen MR) is 63.3 cm³/mol. The van der Waals surface area contributed by atoms with Crippen LogP contribution in [0.1, 0.15) is 26.1 Å². The molecule has 0 aliphatic carbocycles. The molecule has 92 valence electrons. The van der Waals surface area contributed by atoms with Crippen molar-refractivity contribution < 1.29 is 4.74 Å². The average Bonchev–Trinajstić information content (AvgIpc) is 2.68. The van der Waals surface area contributed by atoms with Crippen LogP contribution < -0.4 is 5.32 Å². The number of nitrogens with one attached hydrogen (secondary N) is 1. The smallest absolute Gasteiger partial charge is 0.138 e. The molecular weight excluding hydrogens is 204 g/mol. The third kappa shape index (κ3) is 4.28. The molecule has 16 heavy (non-hydrogen) atoms. The second-order valence-corrected chi connectivity index (χ2v) is 3.81. The standard InChI is InChI=1S/C11H22N4O/c1-4-6-12-10(8-16-5-2)7-11-13-9-14-15(11)3/h9-10,12H,4-8H2,1-3H3. The minimum atomic E-state index is 0.322. The van der Waals surface area contributed by atoms with Crippen molar-refractivity contribution in [2.75, 3.05) is 19.8 Å². The maximum atomic E-state index is 5.46. The molecule has 1 N–H and O–H groups in total. The van der Waals surface area contributed by atoms with Crippen LogP contribution >= 0.6 is 0 Å². The number of hydrogen-bond donors (Lipinski definition) is 1. The average molecular weight is 226 g/mol. The molecule has 0 saturated carbocycles. The van der Waals surface area contributed by atoms with Gasteiger partial charge in [-0.1, -0.05) is 6.92 Å². The lowest BCUT2D eigenvalue weighted by atomic mass is 10.2. The van der Waals surface area contributed by atoms with E-state index in [1.54, 1.807) is 6.33 Å². The molecule has 1 aromatic rings. The van der Waals surface area contributed by atoms with E-state index in [1.165, 1.54) is 0 Å². The Kier molecular flexibility index (Phi) is 6.03. The first-order valence-electron chi connectivity index (χ1n) is 5.91. The highest BCUT2D eigenvalue weighted by Crippen LogP contribution is 1.99. The molecule has 0 aromatic carbocycles. The molecule has 5 nitrogen and oxygen atoms in total. The summed E-state index contributed by atoms with van der Waals surface area (Å²) in [5, 5.41) is 7.53. The first kappa shape index (κ1) is 13.1. The Hall–Kier alpha value is -0.940. The van der Waals surface area contributed by atoms with Gasteiger partial charge in [0.1, 0.15) is 12.2 Å². The Morgan fingerprint density at radius 2 is 2.31 bits per heavy atom. The van der Waals surface area contributed by atoms with Crippen LogP contribution in [0, 0.1) is 0 Å². The fourth-order valence-corrected chi connectivity index (χ4v) is 1.52. The van der Waals surface area contributed by atoms with Gasteiger partial charge in [-0.2, -0.15) is 5.10 Å². The number of ether oxygens (including phenoxy) is 1. The Balaban J connectivity index is 2.45. The summed E-state index contributed by atoms with van der Waals surface area (Å²) in [6.07, 6.45) is 3.57. The Bertz CT molecular complexity index is 279. The zero-order valence-electron chi connectivity index (χ0n) is 10.4. The van der Waals surface area contributed by atoms with Gasteiger partial charge in [0.05, 0.1) is 6.61 Å². The van der Waals surface area contributed by atoms with Crippen molar-refractivity contribution in [3.63, 3.8) is 0 Å². The van der Waals surface area contributed by atoms with E-state index in [2.05, 4.69) is 22.3 Å². The number of aromatic nitrogens is 3. The van der Waals surface area contributed by atoms with E-state index in [4.69, 9.17) is 4.74 Å². The first-order chi connectivity index (χ1) is 7.77. The fraction of sp³-hybridized carbons (Fsp3) is 0.818. The third-order valence-corrected chi connectivity index (χ3v) is 2.44. The second kappa shape index (κ2) is 7.35. The molecule has 1 rings (SSSR count). The van der Waals surface area contributed by atoms with Gasteiger partial charge in [-0.05, 0) is 19.9 Å². The summed E-state index contributed by atoms with van der Waals surface area (Å²) in [4.78, 5) is 4.23. The molecule has 0 radical (unpaired) electrons. The zero-order valence-corrected chi connectivity index (χ0v) is 10.4. The topological polar surface area (TPSA) is 52.0 Å². The van der Waals surface area contributed by atoms with Gasteiger partial charge in [0.15, 0.2) is 0 Å². The van der Waals surface area contributed by atoms with Crippen molar-refractivity contribution in [2.24, 2.45) is 7.05 Å². The van der Waals surface area contributed by atoms with E-state index < -0.39 is 0 Å². The van der Waals surface area contributed by atoms with Gasteiger partial charge in [0, 0.05) is 26.1 Å². The van der Waals surface area contributed by atoms with Gasteiger partial charge in [0.2, 0.25) is 0 Å². The SMILES string of the molecule is CCCNC(COCC)Cc1ncnn1C. The molecule has 0 fully saturated rings. The van der Waals surface area contributed by atoms with Crippen LogP contribution in [0.5, 0.6) is 0 Å². The highest BCUT2D eigenvalue weighted by Gasteiger charge is 2.11. The van der Waals surface area contributed by atoms with E-state index in [0.29, 0.717) is 6.04 Å². The number of rotatable bonds is 8. The maximum absolute atomic E-state index is 5.46. The van der Waals surface area contributed by atoms with E-state index >= 15 is 0 Å². The van der Waals surface area contributed by atoms with Crippen molar-refractivity contribution >= 4 is 0 Å². The Morgan fingerprint density at radius 1 is 1.50 bits per heavy atom. The minimum absolute atomic E-state index is 0.322. The lowest BCUT2D eigenvalue weighted by Gasteiger charge is -2.17. The second-order valence-electron chi connectivity index (χ2n) is 3.81. The molecule has 5 heteroatoms. The number of nitrogens with zero attached hydrogens (tertiary/aromatic N) is 3. The third-order valence-electron chi connectivity index (χ3n) is 2.44. The quantitative estimate of drug-likeness (QED) is 0.711. The van der Waals surface area contributed by atoms with Crippen LogP contribution in [-0.4, -0.2) is 40.6 Å². The molecule has 0 aliphatic heterocycles. The van der Waals surface area contributed by atoms with Crippen LogP contribution in [0.3, 0.4) is 0 Å². The van der Waals surface area contributed by atoms with Crippen LogP contribution in [-0.2, 0) is 18.2 Å². The van der Waals surface area contributed by atoms with Gasteiger partial charge < -0.3 is 10.1 Å². The molecule has 0 aliphatic rings. The summed E-state index contributed by atoms with van der Waals surface area (Å²) in [6.45, 7) is 6.66. The van der Waals surface area contributed by atoms with Crippen LogP contribution in [0.25, 0.3) is 0 Å². The largest absolute Gasteiger partial charge is 0.380 e. The lowest BCUT2D eigenvalue weighted by Crippen LogP contribution is -2.36. The van der Waals surface area contributed by atoms with E-state index in [9.17, 15) is 0 Å². The monoisotopic (exact) mass is 226 g/mol. The highest BCUT2D eigenvalue weighted by molar-refractivity contribution is 4.89. The molecule has 1 atom stereocenters. The van der Waals surface area contributed by atoms with Gasteiger partial charge in [-0.15, -0.1) is 0 Å². The highest BCUT2D eigenvalue weighted by atomic mass is 16.5. The zero-order chi connectivity index (χ0) is 11.8. The summed E-state index contributed by atoms with van der Waals surface area (Å²) < 4.78 is 7.27. The lowest BCUT2D eigenvalue weighted by molar-refractivity contribution is 0.122. The van der Waals surface area contributed by atoms with Crippen LogP contribution in [0.15, 0.2) is 6.33 Å². The molecule has 0 amide bonds. The Morgan fingerprint density at radius 3 is 2.88 bits per heavy atom. The predicted octanol–water partition coefficient (Wildman–Crippen LogP) is 0.762. The summed E-state index contributed by atoms with van der Waals surface area (Å²) in [7, 11) is 1.92. The normalized spacial score (nSPS) is 12.9. The van der Waals surface area contributed by atoms with Crippen molar-refractivity contribution in [1.29, 1.82) is 0 Å². The molecule has 1 unspecified atom stereocenters. The summed E-state index contributed by atoms with van der Waals surface area (Å²) >= 11 is 0. The van der Waals surface area contributed by atoms with E-state index in [-0.39, 0.29) is 0 Å². The molecule has 1 heterocycles. The number of hydrogen-bond acceptors (Lipinski definition) is 4. The molecule has 0 saturated heterocycles. The summed E-state index contributed by atoms with van der Waals surface area (Å²) in [6, 6.07) is 0.322. The molecule has 0 bridgehead atoms. The minimum Gasteiger partial charge on any atom is -0.380 e. The first-order valence-corrected chi connectivity index (χ1v) is 5.91. The van der Waals surface area contributed by atoms with Gasteiger partial charge in [0.25, 0.3) is 0 Å². The summed E-state index contributed by atoms with van der Waals surface area (Å²) in [5.41, 5.74) is 0. The van der Waals surface area contributed by atoms with E-state index in [0.717, 1.165) is 38.4 Å². The van der Waals surface area contributed by atoms with Crippen molar-refractivity contribution in [3.05, 3.63) is 12.2 Å². The van der Waals surface area contributed by atoms with Gasteiger partial charge >= 0.3 is 0 Å². The fourth-order valence-electron chi connectivity index (χ4n) is 1.52. The van der Waals surface area contributed by atoms with Crippen molar-refractivity contribution in [1.82, 2.24) is 20.1 Å².